The Kier molecular flexibility index (Phi) is 8.92. The summed E-state index contributed by atoms with van der Waals surface area (Å²) >= 11 is 1.77. The molecule has 0 saturated heterocycles. The van der Waals surface area contributed by atoms with Crippen LogP contribution in [-0.4, -0.2) is 27.0 Å². The van der Waals surface area contributed by atoms with E-state index in [4.69, 9.17) is 9.47 Å². The predicted octanol–water partition coefficient (Wildman–Crippen LogP) is 4.18. The van der Waals surface area contributed by atoms with Crippen LogP contribution in [0.2, 0.25) is 0 Å². The maximum atomic E-state index is 5.33. The average Bonchev–Trinajstić information content (AvgIpc) is 2.59. The third-order valence-electron chi connectivity index (χ3n) is 3.53. The molecule has 0 spiro atoms. The molecule has 0 radical (unpaired) electrons. The minimum Gasteiger partial charge on any atom is -0.493 e. The van der Waals surface area contributed by atoms with Gasteiger partial charge in [0.1, 0.15) is 0 Å². The molecule has 2 rings (SSSR count). The molecule has 0 saturated carbocycles. The van der Waals surface area contributed by atoms with E-state index in [9.17, 15) is 0 Å². The Morgan fingerprint density at radius 1 is 0.913 bits per heavy atom. The number of benzene rings is 2. The molecule has 2 aromatic rings. The Morgan fingerprint density at radius 3 is 2.17 bits per heavy atom. The summed E-state index contributed by atoms with van der Waals surface area (Å²) in [6.45, 7) is 1.82. The van der Waals surface area contributed by atoms with Crippen molar-refractivity contribution in [1.29, 1.82) is 0 Å². The van der Waals surface area contributed by atoms with Crippen molar-refractivity contribution in [3.63, 3.8) is 0 Å². The summed E-state index contributed by atoms with van der Waals surface area (Å²) in [6.07, 6.45) is 3.06. The van der Waals surface area contributed by atoms with Crippen LogP contribution in [-0.2, 0) is 13.0 Å². The van der Waals surface area contributed by atoms with E-state index >= 15 is 0 Å². The summed E-state index contributed by atoms with van der Waals surface area (Å²) in [4.78, 5) is 1.30. The molecule has 0 aliphatic carbocycles. The molecule has 3 nitrogen and oxygen atoms in total. The number of hydrogen-bond donors (Lipinski definition) is 1. The molecule has 1 N–H and O–H groups in total. The highest BCUT2D eigenvalue weighted by Gasteiger charge is 2.04. The molecule has 23 heavy (non-hydrogen) atoms. The zero-order valence-electron chi connectivity index (χ0n) is 13.8. The molecule has 0 aromatic heterocycles. The largest absolute Gasteiger partial charge is 0.493 e. The third-order valence-corrected chi connectivity index (χ3v) is 4.27. The lowest BCUT2D eigenvalue weighted by Gasteiger charge is -2.10. The fraction of sp³-hybridized carbons (Fsp3) is 0.333. The smallest absolute Gasteiger partial charge is 0.160 e. The maximum absolute atomic E-state index is 5.33. The van der Waals surface area contributed by atoms with Crippen molar-refractivity contribution in [2.24, 2.45) is 0 Å². The Balaban J connectivity index is 0.00000264. The van der Waals surface area contributed by atoms with Gasteiger partial charge in [-0.2, -0.15) is 0 Å². The van der Waals surface area contributed by atoms with Gasteiger partial charge < -0.3 is 14.8 Å². The normalized spacial score (nSPS) is 10.0. The van der Waals surface area contributed by atoms with E-state index in [0.717, 1.165) is 31.0 Å². The summed E-state index contributed by atoms with van der Waals surface area (Å²) in [7, 11) is 3.32. The summed E-state index contributed by atoms with van der Waals surface area (Å²) in [6, 6.07) is 14.7. The lowest BCUT2D eigenvalue weighted by atomic mass is 10.1. The van der Waals surface area contributed by atoms with Gasteiger partial charge in [0.15, 0.2) is 11.5 Å². The third kappa shape index (κ3) is 5.98. The monoisotopic (exact) mass is 353 g/mol. The molecule has 0 fully saturated rings. The first-order valence-electron chi connectivity index (χ1n) is 7.31. The van der Waals surface area contributed by atoms with Crippen molar-refractivity contribution in [2.45, 2.75) is 17.9 Å². The molecule has 0 heterocycles. The van der Waals surface area contributed by atoms with E-state index < -0.39 is 0 Å². The van der Waals surface area contributed by atoms with Gasteiger partial charge in [-0.05, 0) is 54.6 Å². The van der Waals surface area contributed by atoms with Crippen LogP contribution in [0.5, 0.6) is 11.5 Å². The van der Waals surface area contributed by atoms with Crippen LogP contribution in [0.3, 0.4) is 0 Å². The molecule has 0 bridgehead atoms. The highest BCUT2D eigenvalue weighted by Crippen LogP contribution is 2.27. The van der Waals surface area contributed by atoms with Gasteiger partial charge in [-0.3, -0.25) is 0 Å². The van der Waals surface area contributed by atoms with E-state index in [0.29, 0.717) is 0 Å². The SMILES string of the molecule is COc1ccc(CCNCc2ccc(SC)cc2)cc1OC.Cl. The molecule has 0 aliphatic rings. The molecule has 2 aromatic carbocycles. The van der Waals surface area contributed by atoms with Crippen LogP contribution in [0, 0.1) is 0 Å². The summed E-state index contributed by atoms with van der Waals surface area (Å²) in [5, 5.41) is 3.47. The van der Waals surface area contributed by atoms with Crippen LogP contribution in [0.15, 0.2) is 47.4 Å². The predicted molar refractivity (Wildman–Crippen MR) is 100 cm³/mol. The highest BCUT2D eigenvalue weighted by atomic mass is 35.5. The van der Waals surface area contributed by atoms with Crippen molar-refractivity contribution in [3.05, 3.63) is 53.6 Å². The van der Waals surface area contributed by atoms with Crippen molar-refractivity contribution in [3.8, 4) is 11.5 Å². The summed E-state index contributed by atoms with van der Waals surface area (Å²) in [5.41, 5.74) is 2.55. The van der Waals surface area contributed by atoms with Gasteiger partial charge in [0.25, 0.3) is 0 Å². The highest BCUT2D eigenvalue weighted by molar-refractivity contribution is 7.98. The number of ether oxygens (including phenoxy) is 2. The van der Waals surface area contributed by atoms with E-state index in [1.54, 1.807) is 26.0 Å². The van der Waals surface area contributed by atoms with Gasteiger partial charge in [0.05, 0.1) is 14.2 Å². The van der Waals surface area contributed by atoms with E-state index in [1.165, 1.54) is 16.0 Å². The van der Waals surface area contributed by atoms with Gasteiger partial charge >= 0.3 is 0 Å². The Bertz CT molecular complexity index is 590. The van der Waals surface area contributed by atoms with E-state index in [-0.39, 0.29) is 12.4 Å². The second-order valence-electron chi connectivity index (χ2n) is 4.96. The van der Waals surface area contributed by atoms with Gasteiger partial charge in [0, 0.05) is 11.4 Å². The van der Waals surface area contributed by atoms with Crippen molar-refractivity contribution >= 4 is 24.2 Å². The van der Waals surface area contributed by atoms with Crippen LogP contribution in [0.1, 0.15) is 11.1 Å². The lowest BCUT2D eigenvalue weighted by molar-refractivity contribution is 0.354. The zero-order chi connectivity index (χ0) is 15.8. The lowest BCUT2D eigenvalue weighted by Crippen LogP contribution is -2.16. The molecule has 0 unspecified atom stereocenters. The fourth-order valence-corrected chi connectivity index (χ4v) is 2.65. The Labute approximate surface area is 149 Å². The van der Waals surface area contributed by atoms with Gasteiger partial charge in [-0.25, -0.2) is 0 Å². The van der Waals surface area contributed by atoms with E-state index in [2.05, 4.69) is 41.9 Å². The first kappa shape index (κ1) is 19.7. The molecular weight excluding hydrogens is 330 g/mol. The first-order chi connectivity index (χ1) is 10.8. The van der Waals surface area contributed by atoms with Gasteiger partial charge in [0.2, 0.25) is 0 Å². The maximum Gasteiger partial charge on any atom is 0.160 e. The van der Waals surface area contributed by atoms with Crippen LogP contribution >= 0.6 is 24.2 Å². The summed E-state index contributed by atoms with van der Waals surface area (Å²) < 4.78 is 10.6. The molecule has 0 aliphatic heterocycles. The first-order valence-corrected chi connectivity index (χ1v) is 8.54. The van der Waals surface area contributed by atoms with Crippen molar-refractivity contribution in [2.75, 3.05) is 27.0 Å². The van der Waals surface area contributed by atoms with Gasteiger partial charge in [-0.15, -0.1) is 24.2 Å². The number of methoxy groups -OCH3 is 2. The quantitative estimate of drug-likeness (QED) is 0.569. The van der Waals surface area contributed by atoms with Crippen LogP contribution in [0.25, 0.3) is 0 Å². The molecule has 0 atom stereocenters. The minimum atomic E-state index is 0. The van der Waals surface area contributed by atoms with Crippen molar-refractivity contribution < 1.29 is 9.47 Å². The van der Waals surface area contributed by atoms with Crippen LogP contribution in [0.4, 0.5) is 0 Å². The number of halogens is 1. The number of thioether (sulfide) groups is 1. The molecule has 0 amide bonds. The number of hydrogen-bond acceptors (Lipinski definition) is 4. The topological polar surface area (TPSA) is 30.5 Å². The minimum absolute atomic E-state index is 0. The number of rotatable bonds is 8. The average molecular weight is 354 g/mol. The van der Waals surface area contributed by atoms with Gasteiger partial charge in [-0.1, -0.05) is 18.2 Å². The van der Waals surface area contributed by atoms with Crippen LogP contribution < -0.4 is 14.8 Å². The van der Waals surface area contributed by atoms with E-state index in [1.807, 2.05) is 12.1 Å². The summed E-state index contributed by atoms with van der Waals surface area (Å²) in [5.74, 6) is 1.56. The fourth-order valence-electron chi connectivity index (χ4n) is 2.24. The van der Waals surface area contributed by atoms with Crippen molar-refractivity contribution in [1.82, 2.24) is 5.32 Å². The molecule has 126 valence electrons. The molecular formula is C18H24ClNO2S. The second-order valence-corrected chi connectivity index (χ2v) is 5.84. The second kappa shape index (κ2) is 10.4. The Morgan fingerprint density at radius 2 is 1.57 bits per heavy atom. The standard InChI is InChI=1S/C18H23NO2S.ClH/c1-20-17-9-6-14(12-18(17)21-2)10-11-19-13-15-4-7-16(22-3)8-5-15;/h4-9,12,19H,10-11,13H2,1-3H3;1H. The Hall–Kier alpha value is -1.36. The zero-order valence-corrected chi connectivity index (χ0v) is 15.4. The number of nitrogens with one attached hydrogen (secondary N) is 1. The molecule has 5 heteroatoms.